The van der Waals surface area contributed by atoms with Gasteiger partial charge >= 0.3 is 0 Å². The maximum atomic E-state index is 13.4. The molecule has 1 aromatic heterocycles. The number of dihydropyridines is 1. The summed E-state index contributed by atoms with van der Waals surface area (Å²) in [5, 5.41) is 6.25. The van der Waals surface area contributed by atoms with E-state index in [9.17, 15) is 9.59 Å². The predicted octanol–water partition coefficient (Wildman–Crippen LogP) is 4.33. The van der Waals surface area contributed by atoms with E-state index in [1.54, 1.807) is 18.3 Å². The minimum Gasteiger partial charge on any atom is -0.494 e. The van der Waals surface area contributed by atoms with Gasteiger partial charge in [-0.25, -0.2) is 4.98 Å². The van der Waals surface area contributed by atoms with E-state index in [-0.39, 0.29) is 17.6 Å². The third kappa shape index (κ3) is 4.24. The number of benzene rings is 1. The van der Waals surface area contributed by atoms with Gasteiger partial charge in [-0.15, -0.1) is 0 Å². The molecule has 2 N–H and O–H groups in total. The van der Waals surface area contributed by atoms with E-state index in [1.165, 1.54) is 0 Å². The molecule has 0 unspecified atom stereocenters. The number of nitrogens with zero attached hydrogens (tertiary/aromatic N) is 1. The highest BCUT2D eigenvalue weighted by Crippen LogP contribution is 2.43. The van der Waals surface area contributed by atoms with Crippen LogP contribution in [0.4, 0.5) is 5.82 Å². The second-order valence-corrected chi connectivity index (χ2v) is 8.10. The number of carbonyl (C=O) groups is 2. The van der Waals surface area contributed by atoms with Gasteiger partial charge in [0.15, 0.2) is 5.78 Å². The third-order valence-electron chi connectivity index (χ3n) is 5.71. The summed E-state index contributed by atoms with van der Waals surface area (Å²) in [7, 11) is 0. The molecule has 0 fully saturated rings. The van der Waals surface area contributed by atoms with Crippen molar-refractivity contribution in [1.82, 2.24) is 10.3 Å². The lowest BCUT2D eigenvalue weighted by atomic mass is 9.73. The van der Waals surface area contributed by atoms with Gasteiger partial charge in [0.25, 0.3) is 5.91 Å². The lowest BCUT2D eigenvalue weighted by Gasteiger charge is -2.36. The zero-order valence-corrected chi connectivity index (χ0v) is 18.1. The Labute approximate surface area is 182 Å². The number of ether oxygens (including phenoxy) is 1. The van der Waals surface area contributed by atoms with Gasteiger partial charge in [-0.2, -0.15) is 0 Å². The minimum atomic E-state index is -0.435. The lowest BCUT2D eigenvalue weighted by molar-refractivity contribution is -0.117. The van der Waals surface area contributed by atoms with Crippen molar-refractivity contribution in [3.63, 3.8) is 0 Å². The maximum absolute atomic E-state index is 13.4. The van der Waals surface area contributed by atoms with Crippen LogP contribution in [-0.4, -0.2) is 23.3 Å². The Morgan fingerprint density at radius 3 is 2.65 bits per heavy atom. The molecule has 6 nitrogen and oxygen atoms in total. The van der Waals surface area contributed by atoms with E-state index < -0.39 is 5.92 Å². The number of ketones is 1. The molecular formula is C25H27N3O3. The summed E-state index contributed by atoms with van der Waals surface area (Å²) < 4.78 is 5.57. The first-order chi connectivity index (χ1) is 15.0. The van der Waals surface area contributed by atoms with Crippen LogP contribution in [0.1, 0.15) is 45.1 Å². The average molecular weight is 418 g/mol. The number of amides is 1. The smallest absolute Gasteiger partial charge is 0.255 e. The summed E-state index contributed by atoms with van der Waals surface area (Å²) in [6.07, 6.45) is 2.91. The molecule has 2 aliphatic rings. The number of Topliss-reactive ketones (excluding diaryl/α,β-unsaturated/α-hetero) is 1. The molecule has 0 saturated carbocycles. The van der Waals surface area contributed by atoms with Crippen molar-refractivity contribution in [1.29, 1.82) is 0 Å². The molecule has 31 heavy (non-hydrogen) atoms. The van der Waals surface area contributed by atoms with Gasteiger partial charge in [0.2, 0.25) is 0 Å². The van der Waals surface area contributed by atoms with Gasteiger partial charge in [-0.1, -0.05) is 25.1 Å². The fourth-order valence-electron chi connectivity index (χ4n) is 4.41. The van der Waals surface area contributed by atoms with Crippen LogP contribution in [0.3, 0.4) is 0 Å². The molecule has 2 heterocycles. The van der Waals surface area contributed by atoms with Crippen molar-refractivity contribution in [2.45, 2.75) is 39.5 Å². The molecule has 160 valence electrons. The average Bonchev–Trinajstić information content (AvgIpc) is 2.74. The summed E-state index contributed by atoms with van der Waals surface area (Å²) in [4.78, 5) is 30.7. The van der Waals surface area contributed by atoms with Gasteiger partial charge in [-0.3, -0.25) is 9.59 Å². The fourth-order valence-corrected chi connectivity index (χ4v) is 4.41. The van der Waals surface area contributed by atoms with E-state index in [0.29, 0.717) is 30.0 Å². The second-order valence-electron chi connectivity index (χ2n) is 8.10. The van der Waals surface area contributed by atoms with E-state index in [0.717, 1.165) is 29.1 Å². The first-order valence-electron chi connectivity index (χ1n) is 10.7. The molecule has 1 aliphatic heterocycles. The van der Waals surface area contributed by atoms with Crippen molar-refractivity contribution in [3.05, 3.63) is 76.8 Å². The number of anilines is 1. The number of carbonyl (C=O) groups excluding carboxylic acids is 2. The van der Waals surface area contributed by atoms with Crippen LogP contribution in [0, 0.1) is 5.92 Å². The largest absolute Gasteiger partial charge is 0.494 e. The first-order valence-corrected chi connectivity index (χ1v) is 10.7. The monoisotopic (exact) mass is 417 g/mol. The predicted molar refractivity (Wildman–Crippen MR) is 119 cm³/mol. The van der Waals surface area contributed by atoms with Gasteiger partial charge in [0.05, 0.1) is 6.61 Å². The van der Waals surface area contributed by atoms with Crippen molar-refractivity contribution < 1.29 is 14.3 Å². The molecule has 2 aromatic rings. The molecule has 1 amide bonds. The number of pyridine rings is 1. The Morgan fingerprint density at radius 1 is 1.19 bits per heavy atom. The van der Waals surface area contributed by atoms with Crippen LogP contribution < -0.4 is 15.4 Å². The molecule has 0 spiro atoms. The molecule has 0 bridgehead atoms. The highest BCUT2D eigenvalue weighted by atomic mass is 16.5. The number of hydrogen-bond acceptors (Lipinski definition) is 5. The Hall–Kier alpha value is -3.41. The molecule has 0 radical (unpaired) electrons. The zero-order chi connectivity index (χ0) is 22.0. The number of allylic oxidation sites excluding steroid dienone is 3. The van der Waals surface area contributed by atoms with Crippen LogP contribution in [0.15, 0.2) is 71.2 Å². The minimum absolute atomic E-state index is 0.0933. The quantitative estimate of drug-likeness (QED) is 0.757. The zero-order valence-electron chi connectivity index (χ0n) is 18.1. The molecule has 4 rings (SSSR count). The van der Waals surface area contributed by atoms with Crippen LogP contribution in [0.25, 0.3) is 0 Å². The number of rotatable bonds is 5. The number of aromatic nitrogens is 1. The van der Waals surface area contributed by atoms with Crippen molar-refractivity contribution in [3.8, 4) is 5.75 Å². The van der Waals surface area contributed by atoms with Gasteiger partial charge in [0.1, 0.15) is 11.6 Å². The Balaban J connectivity index is 1.77. The maximum Gasteiger partial charge on any atom is 0.255 e. The van der Waals surface area contributed by atoms with E-state index >= 15 is 0 Å². The third-order valence-corrected chi connectivity index (χ3v) is 5.71. The van der Waals surface area contributed by atoms with E-state index in [1.807, 2.05) is 44.2 Å². The SMILES string of the molecule is CCOc1ccc([C@H]2C(C(=O)Nc3ccccn3)=C(C)NC3=C2C(=O)C[C@H](C)C3)cc1. The topological polar surface area (TPSA) is 80.3 Å². The van der Waals surface area contributed by atoms with Crippen molar-refractivity contribution in [2.24, 2.45) is 5.92 Å². The standard InChI is InChI=1S/C25H27N3O3/c1-4-31-18-10-8-17(9-11-18)23-22(25(30)28-21-7-5-6-12-26-21)16(3)27-19-13-15(2)14-20(29)24(19)23/h5-12,15,23,27H,4,13-14H2,1-3H3,(H,26,28,30)/t15-,23+/m1/s1. The van der Waals surface area contributed by atoms with Crippen molar-refractivity contribution >= 4 is 17.5 Å². The van der Waals surface area contributed by atoms with E-state index in [2.05, 4.69) is 22.5 Å². The summed E-state index contributed by atoms with van der Waals surface area (Å²) in [6, 6.07) is 13.0. The normalized spacial score (nSPS) is 20.8. The highest BCUT2D eigenvalue weighted by molar-refractivity contribution is 6.09. The number of nitrogens with one attached hydrogen (secondary N) is 2. The Morgan fingerprint density at radius 2 is 1.97 bits per heavy atom. The van der Waals surface area contributed by atoms with Crippen LogP contribution in [0.5, 0.6) is 5.75 Å². The second kappa shape index (κ2) is 8.76. The van der Waals surface area contributed by atoms with Crippen LogP contribution in [0.2, 0.25) is 0 Å². The van der Waals surface area contributed by atoms with Gasteiger partial charge in [-0.05, 0) is 56.0 Å². The molecule has 6 heteroatoms. The Bertz CT molecular complexity index is 1060. The number of hydrogen-bond donors (Lipinski definition) is 2. The summed E-state index contributed by atoms with van der Waals surface area (Å²) in [5.74, 6) is 0.906. The van der Waals surface area contributed by atoms with Crippen LogP contribution in [-0.2, 0) is 9.59 Å². The molecular weight excluding hydrogens is 390 g/mol. The highest BCUT2D eigenvalue weighted by Gasteiger charge is 2.39. The molecule has 1 aromatic carbocycles. The van der Waals surface area contributed by atoms with Crippen molar-refractivity contribution in [2.75, 3.05) is 11.9 Å². The summed E-state index contributed by atoms with van der Waals surface area (Å²) >= 11 is 0. The molecule has 1 aliphatic carbocycles. The first kappa shape index (κ1) is 20.8. The lowest BCUT2D eigenvalue weighted by Crippen LogP contribution is -2.37. The van der Waals surface area contributed by atoms with E-state index in [4.69, 9.17) is 4.74 Å². The summed E-state index contributed by atoms with van der Waals surface area (Å²) in [5.41, 5.74) is 3.81. The van der Waals surface area contributed by atoms with Gasteiger partial charge < -0.3 is 15.4 Å². The Kier molecular flexibility index (Phi) is 5.89. The van der Waals surface area contributed by atoms with Gasteiger partial charge in [0, 0.05) is 41.1 Å². The molecule has 2 atom stereocenters. The van der Waals surface area contributed by atoms with Crippen LogP contribution >= 0.6 is 0 Å². The summed E-state index contributed by atoms with van der Waals surface area (Å²) in [6.45, 7) is 6.49. The fraction of sp³-hybridized carbons (Fsp3) is 0.320. The molecule has 0 saturated heterocycles.